The lowest BCUT2D eigenvalue weighted by Gasteiger charge is -2.45. The number of hydrogen-bond donors (Lipinski definition) is 0. The highest BCUT2D eigenvalue weighted by molar-refractivity contribution is 14.3. The van der Waals surface area contributed by atoms with Crippen molar-refractivity contribution < 1.29 is 46.7 Å². The molecular formula is C76H144I7N6O6P. The molecule has 6 atom stereocenters. The van der Waals surface area contributed by atoms with Gasteiger partial charge in [-0.05, 0) is 229 Å². The number of rotatable bonds is 26. The average molecular weight is 2170 g/mol. The molecule has 0 spiro atoms. The first-order chi connectivity index (χ1) is 47.9. The lowest BCUT2D eigenvalue weighted by molar-refractivity contribution is 0.0680. The minimum absolute atomic E-state index is 0. The molecule has 0 radical (unpaired) electrons. The second kappa shape index (κ2) is 74.5. The normalized spacial score (nSPS) is 20.5. The molecule has 568 valence electrons. The van der Waals surface area contributed by atoms with Crippen LogP contribution in [0, 0.1) is 122 Å². The van der Waals surface area contributed by atoms with Crippen molar-refractivity contribution >= 4 is 168 Å². The molecule has 3 aliphatic carbocycles. The van der Waals surface area contributed by atoms with E-state index in [0.717, 1.165) is 74.5 Å². The van der Waals surface area contributed by atoms with Gasteiger partial charge >= 0.3 is 0 Å². The molecule has 0 heterocycles. The first-order valence-electron chi connectivity index (χ1n) is 37.7. The Bertz CT molecular complexity index is 2510. The van der Waals surface area contributed by atoms with Gasteiger partial charge < -0.3 is 23.7 Å². The SMILES string of the molecule is CC1CC(C)(C)CC(C)(CN=C=O)C1.CC1CCC(CC2CCC(OC#N)CC2)CC1.CCCC(C)(C)CC(C)COC#N.CCCC(C)CC(C)(C)COC#N.CCCCCCCOC#N.Cc1ccc(Cc2ccc(OC#N)cc2)cc1.I.[2H]C([3H])I.[2H]C([3H])I.[2H]CI.[2H]CI.[2H]P(I)I.[HH].[HH].[HH].[HH].[HH].[HH].[HH]. The van der Waals surface area contributed by atoms with Gasteiger partial charge in [-0.15, -0.1) is 29.2 Å². The zero-order chi connectivity index (χ0) is 79.4. The first kappa shape index (κ1) is 93.8. The van der Waals surface area contributed by atoms with Gasteiger partial charge in [0.1, 0.15) is 31.7 Å². The van der Waals surface area contributed by atoms with E-state index < -0.39 is 13.6 Å². The molecule has 0 aliphatic heterocycles. The third-order valence-electron chi connectivity index (χ3n) is 16.5. The highest BCUT2D eigenvalue weighted by Crippen LogP contribution is 2.48. The number of isocyanates is 1. The molecule has 96 heavy (non-hydrogen) atoms. The van der Waals surface area contributed by atoms with Crippen LogP contribution in [0.5, 0.6) is 5.75 Å². The maximum atomic E-state index is 10.1. The zero-order valence-corrected chi connectivity index (χ0v) is 77.5. The summed E-state index contributed by atoms with van der Waals surface area (Å²) in [6, 6.07) is 16.1. The fourth-order valence-corrected chi connectivity index (χ4v) is 13.4. The molecule has 3 fully saturated rings. The van der Waals surface area contributed by atoms with Gasteiger partial charge in [0, 0.05) is 27.4 Å². The van der Waals surface area contributed by atoms with Crippen LogP contribution in [0.3, 0.4) is 0 Å². The number of aryl methyl sites for hydroxylation is 1. The van der Waals surface area contributed by atoms with E-state index in [1.54, 1.807) is 76.3 Å². The molecule has 3 saturated carbocycles. The minimum Gasteiger partial charge on any atom is -0.428 e. The maximum Gasteiger partial charge on any atom is 0.292 e. The van der Waals surface area contributed by atoms with Crippen LogP contribution in [0.4, 0.5) is 0 Å². The van der Waals surface area contributed by atoms with Crippen LogP contribution < -0.4 is 4.74 Å². The van der Waals surface area contributed by atoms with E-state index in [-0.39, 0.29) is 50.9 Å². The standard InChI is InChI=1S/C15H25NO.C15H13NO.C12H21NO.2C11H21NO.C8H15NO.4CH3I.HI2P.HI.7H2/c2*1-12-2-4-13(5-3-12)10-14-6-8-15(9-7-14)17-11-16;1-10-5-11(2,3)7-12(4,6-10)8-13-9-14;1-5-6-11(3,4)7-10(2)8-13-9-12;1-5-6-10(2)7-11(3,4)8-13-9-12;1-2-3-4-5-6-7-10-8-9;4*1-2;1-3-2;;;;;;;;/h12-15H,2-10H2,1H3;2-9H,10H2,1H3;10H,5-8H2,1-4H3;2*10H,5-8H2,1-4H3;2-7H2,1H3;4*1H3;3H;8*1H/i;;;;;;2*1TD;2*1D;3D;;;;;;;;. The van der Waals surface area contributed by atoms with Crippen molar-refractivity contribution in [1.82, 2.24) is 0 Å². The number of nitrogens with zero attached hydrogens (tertiary/aromatic N) is 6. The van der Waals surface area contributed by atoms with Crippen LogP contribution in [0.15, 0.2) is 53.5 Å². The third kappa shape index (κ3) is 69.5. The molecule has 0 N–H and O–H groups in total. The van der Waals surface area contributed by atoms with Gasteiger partial charge in [-0.2, -0.15) is 21.0 Å². The summed E-state index contributed by atoms with van der Waals surface area (Å²) in [6.45, 7) is 35.8. The number of benzene rings is 2. The van der Waals surface area contributed by atoms with Crippen LogP contribution in [-0.2, 0) is 30.2 Å². The van der Waals surface area contributed by atoms with E-state index in [2.05, 4.69) is 182 Å². The summed E-state index contributed by atoms with van der Waals surface area (Å²) >= 11 is 11.4. The first-order valence-corrected chi connectivity index (χ1v) is 45.5. The van der Waals surface area contributed by atoms with Crippen LogP contribution in [-0.4, -0.2) is 59.4 Å². The van der Waals surface area contributed by atoms with Crippen molar-refractivity contribution in [3.63, 3.8) is 0 Å². The molecule has 20 heteroatoms. The van der Waals surface area contributed by atoms with Crippen molar-refractivity contribution in [3.05, 3.63) is 65.2 Å². The van der Waals surface area contributed by atoms with Gasteiger partial charge in [0.25, 0.3) is 31.3 Å². The number of hydrogen-bond acceptors (Lipinski definition) is 12. The predicted molar refractivity (Wildman–Crippen MR) is 487 cm³/mol. The Balaban J connectivity index is -0.0000000794. The summed E-state index contributed by atoms with van der Waals surface area (Å²) in [5.74, 6) is 5.39. The number of aliphatic imine (C=N–C) groups is 1. The topological polar surface area (TPSA) is 195 Å². The zero-order valence-electron chi connectivity index (χ0n) is 68.3. The number of unbranched alkanes of at least 4 members (excludes halogenated alkanes) is 4. The van der Waals surface area contributed by atoms with Crippen LogP contribution in [0.1, 0.15) is 280 Å². The second-order valence-electron chi connectivity index (χ2n) is 28.0. The van der Waals surface area contributed by atoms with E-state index in [4.69, 9.17) is 54.8 Å². The van der Waals surface area contributed by atoms with Gasteiger partial charge in [-0.1, -0.05) is 300 Å². The summed E-state index contributed by atoms with van der Waals surface area (Å²) in [7, 11) is 0. The molecule has 0 aromatic heterocycles. The summed E-state index contributed by atoms with van der Waals surface area (Å²) in [5.41, 5.74) is 4.87. The highest BCUT2D eigenvalue weighted by Gasteiger charge is 2.39. The van der Waals surface area contributed by atoms with E-state index in [1.165, 1.54) is 126 Å². The highest BCUT2D eigenvalue weighted by atomic mass is 127. The van der Waals surface area contributed by atoms with Gasteiger partial charge in [0.15, 0.2) is 0 Å². The van der Waals surface area contributed by atoms with Gasteiger partial charge in [-0.25, -0.2) is 9.79 Å². The molecule has 5 rings (SSSR count). The monoisotopic (exact) mass is 2170 g/mol. The number of ether oxygens (including phenoxy) is 5. The molecule has 0 saturated heterocycles. The average Bonchev–Trinajstić information content (AvgIpc) is 0.808. The van der Waals surface area contributed by atoms with Gasteiger partial charge in [0.2, 0.25) is 6.08 Å². The van der Waals surface area contributed by atoms with Crippen molar-refractivity contribution in [3.8, 4) is 37.0 Å². The Morgan fingerprint density at radius 3 is 1.64 bits per heavy atom. The Morgan fingerprint density at radius 1 is 0.698 bits per heavy atom. The molecule has 0 bridgehead atoms. The number of alkyl halides is 4. The molecule has 12 nitrogen and oxygen atoms in total. The van der Waals surface area contributed by atoms with Crippen molar-refractivity contribution in [1.29, 1.82) is 27.6 Å². The van der Waals surface area contributed by atoms with E-state index in [1.807, 2.05) is 75.7 Å². The predicted octanol–water partition coefficient (Wildman–Crippen LogP) is 28.9. The fraction of sp³-hybridized carbons (Fsp3) is 0.763. The fourth-order valence-electron chi connectivity index (χ4n) is 13.4. The smallest absolute Gasteiger partial charge is 0.292 e. The Labute approximate surface area is 709 Å². The molecule has 6 unspecified atom stereocenters. The Kier molecular flexibility index (Phi) is 72.8. The summed E-state index contributed by atoms with van der Waals surface area (Å²) < 4.78 is 67.3. The number of halogens is 7. The Morgan fingerprint density at radius 2 is 1.19 bits per heavy atom. The van der Waals surface area contributed by atoms with Crippen LogP contribution in [0.2, 0.25) is 0 Å². The third-order valence-corrected chi connectivity index (χ3v) is 16.5. The molecular weight excluding hydrogens is 2010 g/mol. The Hall–Kier alpha value is -0.190. The van der Waals surface area contributed by atoms with Crippen molar-refractivity contribution in [2.75, 3.05) is 45.9 Å². The lowest BCUT2D eigenvalue weighted by atomic mass is 9.61. The number of nitriles is 5. The minimum atomic E-state index is -0.697. The van der Waals surface area contributed by atoms with Gasteiger partial charge in [-0.3, -0.25) is 0 Å². The largest absolute Gasteiger partial charge is 0.428 e. The van der Waals surface area contributed by atoms with Crippen LogP contribution >= 0.6 is 162 Å². The van der Waals surface area contributed by atoms with Gasteiger partial charge in [0.05, 0.1) is 7.82 Å². The quantitative estimate of drug-likeness (QED) is 0.0165. The van der Waals surface area contributed by atoms with Crippen molar-refractivity contribution in [2.45, 2.75) is 264 Å². The maximum absolute atomic E-state index is 10.1. The molecule has 3 aliphatic rings. The summed E-state index contributed by atoms with van der Waals surface area (Å²) in [5, 5.41) is 41.4. The van der Waals surface area contributed by atoms with E-state index in [9.17, 15) is 4.79 Å². The van der Waals surface area contributed by atoms with Crippen LogP contribution in [0.25, 0.3) is 0 Å². The van der Waals surface area contributed by atoms with Crippen molar-refractivity contribution in [2.24, 2.45) is 62.2 Å². The summed E-state index contributed by atoms with van der Waals surface area (Å²) in [6.07, 6.45) is 40.2. The molecule has 2 aromatic rings. The number of carbonyl (C=O) groups excluding carboxylic acids is 1. The van der Waals surface area contributed by atoms with E-state index in [0.29, 0.717) is 58.7 Å². The summed E-state index contributed by atoms with van der Waals surface area (Å²) in [4.78, 5) is 13.4. The lowest BCUT2D eigenvalue weighted by Crippen LogP contribution is -2.36. The second-order valence-corrected chi connectivity index (χ2v) is 36.5. The van der Waals surface area contributed by atoms with E-state index >= 15 is 0 Å². The molecule has 2 aromatic carbocycles. The molecule has 0 amide bonds.